The molecule has 0 bridgehead atoms. The second-order valence-electron chi connectivity index (χ2n) is 5.78. The summed E-state index contributed by atoms with van der Waals surface area (Å²) in [5, 5.41) is 0. The number of cyclic esters (lactones) is 1. The summed E-state index contributed by atoms with van der Waals surface area (Å²) in [6, 6.07) is 14.7. The average Bonchev–Trinajstić information content (AvgIpc) is 2.95. The molecule has 130 valence electrons. The molecule has 2 aromatic carbocycles. The van der Waals surface area contributed by atoms with Crippen LogP contribution in [0.4, 0.5) is 0 Å². The number of hydrogen-bond donors (Lipinski definition) is 0. The molecule has 0 N–H and O–H groups in total. The van der Waals surface area contributed by atoms with Crippen LogP contribution < -0.4 is 4.74 Å². The number of esters is 2. The largest absolute Gasteiger partial charge is 0.427 e. The summed E-state index contributed by atoms with van der Waals surface area (Å²) >= 11 is 0. The van der Waals surface area contributed by atoms with Gasteiger partial charge in [0.1, 0.15) is 5.75 Å². The van der Waals surface area contributed by atoms with Crippen molar-refractivity contribution in [3.8, 4) is 5.75 Å². The van der Waals surface area contributed by atoms with E-state index in [0.29, 0.717) is 5.75 Å². The van der Waals surface area contributed by atoms with Crippen LogP contribution in [0.3, 0.4) is 0 Å². The molecule has 0 amide bonds. The number of ether oxygens (including phenoxy) is 2. The first-order valence-electron chi connectivity index (χ1n) is 8.05. The fourth-order valence-corrected chi connectivity index (χ4v) is 2.30. The van der Waals surface area contributed by atoms with E-state index in [2.05, 4.69) is 4.99 Å². The van der Waals surface area contributed by atoms with E-state index in [4.69, 9.17) is 9.47 Å². The van der Waals surface area contributed by atoms with Gasteiger partial charge in [-0.15, -0.1) is 0 Å². The van der Waals surface area contributed by atoms with Gasteiger partial charge in [0.05, 0.1) is 0 Å². The third-order valence-corrected chi connectivity index (χ3v) is 3.58. The maximum atomic E-state index is 11.9. The molecular formula is C21H17NO4. The summed E-state index contributed by atoms with van der Waals surface area (Å²) < 4.78 is 10.1. The van der Waals surface area contributed by atoms with E-state index in [0.717, 1.165) is 11.1 Å². The first kappa shape index (κ1) is 17.4. The van der Waals surface area contributed by atoms with Crippen molar-refractivity contribution in [1.29, 1.82) is 0 Å². The predicted octanol–water partition coefficient (Wildman–Crippen LogP) is 3.93. The highest BCUT2D eigenvalue weighted by Gasteiger charge is 2.21. The first-order valence-corrected chi connectivity index (χ1v) is 8.05. The lowest BCUT2D eigenvalue weighted by molar-refractivity contribution is -0.132. The molecule has 0 spiro atoms. The average molecular weight is 347 g/mol. The lowest BCUT2D eigenvalue weighted by Crippen LogP contribution is -2.01. The highest BCUT2D eigenvalue weighted by molar-refractivity contribution is 6.11. The second-order valence-corrected chi connectivity index (χ2v) is 5.78. The van der Waals surface area contributed by atoms with Crippen molar-refractivity contribution in [2.45, 2.75) is 13.8 Å². The number of nitrogens with zero attached hydrogens (tertiary/aromatic N) is 1. The minimum Gasteiger partial charge on any atom is -0.427 e. The molecule has 26 heavy (non-hydrogen) atoms. The van der Waals surface area contributed by atoms with Crippen molar-refractivity contribution in [3.63, 3.8) is 0 Å². The van der Waals surface area contributed by atoms with Gasteiger partial charge in [0.25, 0.3) is 0 Å². The van der Waals surface area contributed by atoms with E-state index in [9.17, 15) is 9.59 Å². The third kappa shape index (κ3) is 4.54. The van der Waals surface area contributed by atoms with Crippen molar-refractivity contribution >= 4 is 30.0 Å². The molecular weight excluding hydrogens is 330 g/mol. The van der Waals surface area contributed by atoms with Crippen LogP contribution in [0.5, 0.6) is 5.75 Å². The Morgan fingerprint density at radius 1 is 1.00 bits per heavy atom. The van der Waals surface area contributed by atoms with E-state index in [1.54, 1.807) is 36.4 Å². The van der Waals surface area contributed by atoms with Crippen molar-refractivity contribution < 1.29 is 19.1 Å². The summed E-state index contributed by atoms with van der Waals surface area (Å²) in [7, 11) is 0. The normalized spacial score (nSPS) is 15.2. The molecule has 0 unspecified atom stereocenters. The Labute approximate surface area is 151 Å². The second kappa shape index (κ2) is 7.61. The van der Waals surface area contributed by atoms with Crippen LogP contribution in [0.15, 0.2) is 65.3 Å². The topological polar surface area (TPSA) is 65.0 Å². The molecule has 5 heteroatoms. The third-order valence-electron chi connectivity index (χ3n) is 3.58. The number of carbonyl (C=O) groups excluding carboxylic acids is 2. The van der Waals surface area contributed by atoms with Crippen LogP contribution in [0.1, 0.15) is 23.6 Å². The van der Waals surface area contributed by atoms with Crippen LogP contribution in [0.25, 0.3) is 12.2 Å². The van der Waals surface area contributed by atoms with E-state index < -0.39 is 5.97 Å². The Kier molecular flexibility index (Phi) is 5.08. The van der Waals surface area contributed by atoms with Crippen LogP contribution in [-0.4, -0.2) is 17.8 Å². The van der Waals surface area contributed by atoms with E-state index in [1.807, 2.05) is 37.3 Å². The number of rotatable bonds is 4. The van der Waals surface area contributed by atoms with Gasteiger partial charge in [-0.05, 0) is 42.3 Å². The van der Waals surface area contributed by atoms with Crippen molar-refractivity contribution in [2.75, 3.05) is 0 Å². The lowest BCUT2D eigenvalue weighted by atomic mass is 10.1. The van der Waals surface area contributed by atoms with Crippen LogP contribution in [0.2, 0.25) is 0 Å². The monoisotopic (exact) mass is 347 g/mol. The molecule has 1 aliphatic heterocycles. The zero-order valence-electron chi connectivity index (χ0n) is 14.4. The van der Waals surface area contributed by atoms with Crippen molar-refractivity contribution in [1.82, 2.24) is 0 Å². The summed E-state index contributed by atoms with van der Waals surface area (Å²) in [5.41, 5.74) is 3.14. The van der Waals surface area contributed by atoms with Crippen LogP contribution >= 0.6 is 0 Å². The van der Waals surface area contributed by atoms with Gasteiger partial charge in [-0.1, -0.05) is 42.0 Å². The van der Waals surface area contributed by atoms with E-state index >= 15 is 0 Å². The molecule has 1 heterocycles. The van der Waals surface area contributed by atoms with Gasteiger partial charge >= 0.3 is 11.9 Å². The molecule has 3 rings (SSSR count). The smallest absolute Gasteiger partial charge is 0.363 e. The van der Waals surface area contributed by atoms with E-state index in [-0.39, 0.29) is 17.6 Å². The molecule has 0 aliphatic carbocycles. The molecule has 0 aromatic heterocycles. The minimum atomic E-state index is -0.502. The fraction of sp³-hybridized carbons (Fsp3) is 0.0952. The molecule has 0 saturated carbocycles. The number of aryl methyl sites for hydroxylation is 1. The molecule has 5 nitrogen and oxygen atoms in total. The predicted molar refractivity (Wildman–Crippen MR) is 99.5 cm³/mol. The standard InChI is InChI=1S/C21H17NO4/c1-14-3-5-16(6-4-14)9-12-20-22-19(21(24)26-20)13-17-7-10-18(11-8-17)25-15(2)23/h3-13H,1-2H3/b12-9+,19-13-. The minimum absolute atomic E-state index is 0.216. The molecule has 0 radical (unpaired) electrons. The van der Waals surface area contributed by atoms with Gasteiger partial charge in [-0.3, -0.25) is 4.79 Å². The van der Waals surface area contributed by atoms with Crippen molar-refractivity contribution in [2.24, 2.45) is 4.99 Å². The fourth-order valence-electron chi connectivity index (χ4n) is 2.30. The molecule has 0 saturated heterocycles. The summed E-state index contributed by atoms with van der Waals surface area (Å²) in [4.78, 5) is 27.1. The maximum absolute atomic E-state index is 11.9. The van der Waals surface area contributed by atoms with Crippen LogP contribution in [0, 0.1) is 6.92 Å². The van der Waals surface area contributed by atoms with Gasteiger partial charge in [0.15, 0.2) is 5.70 Å². The van der Waals surface area contributed by atoms with Gasteiger partial charge < -0.3 is 9.47 Å². The number of aliphatic imine (C=N–C) groups is 1. The highest BCUT2D eigenvalue weighted by atomic mass is 16.6. The Morgan fingerprint density at radius 3 is 2.31 bits per heavy atom. The maximum Gasteiger partial charge on any atom is 0.363 e. The quantitative estimate of drug-likeness (QED) is 0.477. The first-order chi connectivity index (χ1) is 12.5. The van der Waals surface area contributed by atoms with E-state index in [1.165, 1.54) is 12.5 Å². The molecule has 0 fully saturated rings. The Morgan fingerprint density at radius 2 is 1.65 bits per heavy atom. The van der Waals surface area contributed by atoms with Crippen LogP contribution in [-0.2, 0) is 14.3 Å². The zero-order chi connectivity index (χ0) is 18.5. The van der Waals surface area contributed by atoms with Gasteiger partial charge in [0.2, 0.25) is 5.90 Å². The molecule has 0 atom stereocenters. The van der Waals surface area contributed by atoms with Gasteiger partial charge in [0, 0.05) is 13.0 Å². The Balaban J connectivity index is 1.73. The molecule has 2 aromatic rings. The summed E-state index contributed by atoms with van der Waals surface area (Å²) in [6.07, 6.45) is 5.11. The lowest BCUT2D eigenvalue weighted by Gasteiger charge is -2.00. The van der Waals surface area contributed by atoms with Gasteiger partial charge in [-0.2, -0.15) is 0 Å². The van der Waals surface area contributed by atoms with Crippen molar-refractivity contribution in [3.05, 3.63) is 77.0 Å². The SMILES string of the molecule is CC(=O)Oc1ccc(/C=C2N=C(/C=C/c3ccc(C)cc3)OC\2=O)cc1. The summed E-state index contributed by atoms with van der Waals surface area (Å²) in [5.74, 6) is -0.195. The highest BCUT2D eigenvalue weighted by Crippen LogP contribution is 2.19. The Hall–Kier alpha value is -3.47. The zero-order valence-corrected chi connectivity index (χ0v) is 14.4. The Bertz CT molecular complexity index is 919. The number of hydrogen-bond acceptors (Lipinski definition) is 5. The molecule has 1 aliphatic rings. The number of carbonyl (C=O) groups is 2. The number of benzene rings is 2. The summed E-state index contributed by atoms with van der Waals surface area (Å²) in [6.45, 7) is 3.36. The van der Waals surface area contributed by atoms with Gasteiger partial charge in [-0.25, -0.2) is 9.79 Å².